The number of para-hydroxylation sites is 4. The van der Waals surface area contributed by atoms with Gasteiger partial charge in [0.05, 0.1) is 23.8 Å². The summed E-state index contributed by atoms with van der Waals surface area (Å²) in [7, 11) is 1.64. The van der Waals surface area contributed by atoms with Crippen molar-refractivity contribution in [3.05, 3.63) is 88.7 Å². The van der Waals surface area contributed by atoms with Crippen LogP contribution < -0.4 is 9.64 Å². The number of aromatic nitrogens is 2. The minimum absolute atomic E-state index is 0.0147. The third-order valence-electron chi connectivity index (χ3n) is 6.71. The molecule has 0 spiro atoms. The highest BCUT2D eigenvalue weighted by atomic mass is 16.5. The van der Waals surface area contributed by atoms with Crippen molar-refractivity contribution in [1.29, 1.82) is 0 Å². The Labute approximate surface area is 194 Å². The summed E-state index contributed by atoms with van der Waals surface area (Å²) in [6.07, 6.45) is 0.438. The van der Waals surface area contributed by atoms with E-state index < -0.39 is 0 Å². The molecule has 2 heterocycles. The lowest BCUT2D eigenvalue weighted by Gasteiger charge is -2.20. The molecule has 3 aromatic carbocycles. The van der Waals surface area contributed by atoms with E-state index >= 15 is 0 Å². The van der Waals surface area contributed by atoms with Gasteiger partial charge in [0.2, 0.25) is 5.91 Å². The van der Waals surface area contributed by atoms with Gasteiger partial charge >= 0.3 is 0 Å². The standard InChI is InChI=1S/C28H29N3O2/c1-18-13-19(2)22(20(3)14-18)17-31-24-10-6-5-9-23(24)29-28(31)21-15-27(32)30(16-21)25-11-7-8-12-26(25)33-4/h5-14,21H,15-17H2,1-4H3. The Balaban J connectivity index is 1.56. The second kappa shape index (κ2) is 8.39. The number of carbonyl (C=O) groups excluding carboxylic acids is 1. The summed E-state index contributed by atoms with van der Waals surface area (Å²) >= 11 is 0. The smallest absolute Gasteiger partial charge is 0.227 e. The molecule has 0 aliphatic carbocycles. The first-order valence-electron chi connectivity index (χ1n) is 11.4. The Morgan fingerprint density at radius 3 is 2.45 bits per heavy atom. The average Bonchev–Trinajstić information content (AvgIpc) is 3.36. The summed E-state index contributed by atoms with van der Waals surface area (Å²) in [6, 6.07) is 20.4. The van der Waals surface area contributed by atoms with Gasteiger partial charge in [-0.3, -0.25) is 4.79 Å². The maximum absolute atomic E-state index is 13.1. The minimum atomic E-state index is 0.0147. The Bertz CT molecular complexity index is 1330. The second-order valence-electron chi connectivity index (χ2n) is 9.00. The summed E-state index contributed by atoms with van der Waals surface area (Å²) in [5.41, 5.74) is 8.06. The first-order chi connectivity index (χ1) is 16.0. The van der Waals surface area contributed by atoms with Crippen LogP contribution in [0.2, 0.25) is 0 Å². The number of aryl methyl sites for hydroxylation is 3. The Kier molecular flexibility index (Phi) is 5.41. The van der Waals surface area contributed by atoms with Gasteiger partial charge in [-0.05, 0) is 61.7 Å². The normalized spacial score (nSPS) is 16.1. The zero-order chi connectivity index (χ0) is 23.1. The zero-order valence-corrected chi connectivity index (χ0v) is 19.6. The number of methoxy groups -OCH3 is 1. The highest BCUT2D eigenvalue weighted by Gasteiger charge is 2.36. The average molecular weight is 440 g/mol. The van der Waals surface area contributed by atoms with Crippen molar-refractivity contribution < 1.29 is 9.53 Å². The van der Waals surface area contributed by atoms with Gasteiger partial charge in [0.25, 0.3) is 0 Å². The van der Waals surface area contributed by atoms with Gasteiger partial charge in [0.1, 0.15) is 11.6 Å². The zero-order valence-electron chi connectivity index (χ0n) is 19.6. The van der Waals surface area contributed by atoms with E-state index in [2.05, 4.69) is 55.7 Å². The molecule has 1 unspecified atom stereocenters. The molecule has 4 aromatic rings. The van der Waals surface area contributed by atoms with Crippen molar-refractivity contribution in [2.24, 2.45) is 0 Å². The molecule has 1 saturated heterocycles. The number of ether oxygens (including phenoxy) is 1. The van der Waals surface area contributed by atoms with Crippen LogP contribution in [0, 0.1) is 20.8 Å². The number of hydrogen-bond acceptors (Lipinski definition) is 3. The number of imidazole rings is 1. The van der Waals surface area contributed by atoms with Gasteiger partial charge in [0.15, 0.2) is 0 Å². The molecule has 1 aliphatic rings. The fourth-order valence-electron chi connectivity index (χ4n) is 5.16. The van der Waals surface area contributed by atoms with E-state index in [4.69, 9.17) is 9.72 Å². The molecular weight excluding hydrogens is 410 g/mol. The first kappa shape index (κ1) is 21.3. The molecule has 1 amide bonds. The van der Waals surface area contributed by atoms with E-state index in [1.54, 1.807) is 7.11 Å². The number of amides is 1. The number of nitrogens with zero attached hydrogens (tertiary/aromatic N) is 3. The van der Waals surface area contributed by atoms with E-state index in [0.717, 1.165) is 29.1 Å². The third kappa shape index (κ3) is 3.78. The number of carbonyl (C=O) groups is 1. The molecule has 33 heavy (non-hydrogen) atoms. The number of hydrogen-bond donors (Lipinski definition) is 0. The summed E-state index contributed by atoms with van der Waals surface area (Å²) < 4.78 is 7.83. The fraction of sp³-hybridized carbons (Fsp3) is 0.286. The van der Waals surface area contributed by atoms with E-state index in [1.807, 2.05) is 35.2 Å². The fourth-order valence-corrected chi connectivity index (χ4v) is 5.16. The third-order valence-corrected chi connectivity index (χ3v) is 6.71. The van der Waals surface area contributed by atoms with Crippen LogP contribution in [0.3, 0.4) is 0 Å². The molecule has 1 aliphatic heterocycles. The van der Waals surface area contributed by atoms with E-state index in [0.29, 0.717) is 18.7 Å². The van der Waals surface area contributed by atoms with Gasteiger partial charge in [-0.15, -0.1) is 0 Å². The Morgan fingerprint density at radius 1 is 1.00 bits per heavy atom. The highest BCUT2D eigenvalue weighted by Crippen LogP contribution is 2.37. The van der Waals surface area contributed by atoms with Crippen molar-refractivity contribution in [3.63, 3.8) is 0 Å². The summed E-state index contributed by atoms with van der Waals surface area (Å²) in [4.78, 5) is 20.0. The van der Waals surface area contributed by atoms with E-state index in [-0.39, 0.29) is 11.8 Å². The minimum Gasteiger partial charge on any atom is -0.495 e. The molecular formula is C28H29N3O2. The molecule has 168 valence electrons. The first-order valence-corrected chi connectivity index (χ1v) is 11.4. The number of fused-ring (bicyclic) bond motifs is 1. The van der Waals surface area contributed by atoms with Crippen molar-refractivity contribution in [1.82, 2.24) is 9.55 Å². The molecule has 1 aromatic heterocycles. The maximum atomic E-state index is 13.1. The Morgan fingerprint density at radius 2 is 1.70 bits per heavy atom. The van der Waals surface area contributed by atoms with Crippen molar-refractivity contribution >= 4 is 22.6 Å². The number of rotatable bonds is 5. The van der Waals surface area contributed by atoms with Gasteiger partial charge in [-0.2, -0.15) is 0 Å². The summed E-state index contributed by atoms with van der Waals surface area (Å²) in [5, 5.41) is 0. The lowest BCUT2D eigenvalue weighted by molar-refractivity contribution is -0.117. The van der Waals surface area contributed by atoms with Crippen molar-refractivity contribution in [2.75, 3.05) is 18.6 Å². The van der Waals surface area contributed by atoms with Gasteiger partial charge in [-0.1, -0.05) is 42.0 Å². The quantitative estimate of drug-likeness (QED) is 0.410. The molecule has 1 atom stereocenters. The van der Waals surface area contributed by atoms with Gasteiger partial charge in [0, 0.05) is 25.4 Å². The topological polar surface area (TPSA) is 47.4 Å². The van der Waals surface area contributed by atoms with Crippen LogP contribution in [0.1, 0.15) is 40.4 Å². The number of benzene rings is 3. The molecule has 1 fully saturated rings. The van der Waals surface area contributed by atoms with Crippen LogP contribution in [0.15, 0.2) is 60.7 Å². The van der Waals surface area contributed by atoms with Crippen molar-refractivity contribution in [2.45, 2.75) is 39.7 Å². The molecule has 5 nitrogen and oxygen atoms in total. The largest absolute Gasteiger partial charge is 0.495 e. The van der Waals surface area contributed by atoms with E-state index in [1.165, 1.54) is 22.3 Å². The van der Waals surface area contributed by atoms with Crippen LogP contribution in [0.4, 0.5) is 5.69 Å². The monoisotopic (exact) mass is 439 g/mol. The van der Waals surface area contributed by atoms with Crippen LogP contribution in [0.25, 0.3) is 11.0 Å². The van der Waals surface area contributed by atoms with Crippen LogP contribution in [0.5, 0.6) is 5.75 Å². The predicted octanol–water partition coefficient (Wildman–Crippen LogP) is 5.54. The molecule has 5 rings (SSSR count). The van der Waals surface area contributed by atoms with Crippen LogP contribution >= 0.6 is 0 Å². The van der Waals surface area contributed by atoms with Crippen LogP contribution in [-0.4, -0.2) is 29.1 Å². The van der Waals surface area contributed by atoms with Gasteiger partial charge in [-0.25, -0.2) is 4.98 Å². The molecule has 0 N–H and O–H groups in total. The SMILES string of the molecule is COc1ccccc1N1CC(c2nc3ccccc3n2Cc2c(C)cc(C)cc2C)CC1=O. The lowest BCUT2D eigenvalue weighted by Crippen LogP contribution is -2.25. The maximum Gasteiger partial charge on any atom is 0.227 e. The molecule has 5 heteroatoms. The molecule has 0 bridgehead atoms. The van der Waals surface area contributed by atoms with Crippen molar-refractivity contribution in [3.8, 4) is 5.75 Å². The summed E-state index contributed by atoms with van der Waals surface area (Å²) in [6.45, 7) is 7.83. The highest BCUT2D eigenvalue weighted by molar-refractivity contribution is 5.97. The van der Waals surface area contributed by atoms with Gasteiger partial charge < -0.3 is 14.2 Å². The number of anilines is 1. The predicted molar refractivity (Wildman–Crippen MR) is 132 cm³/mol. The molecule has 0 radical (unpaired) electrons. The van der Waals surface area contributed by atoms with Crippen LogP contribution in [-0.2, 0) is 11.3 Å². The second-order valence-corrected chi connectivity index (χ2v) is 9.00. The van der Waals surface area contributed by atoms with E-state index in [9.17, 15) is 4.79 Å². The molecule has 0 saturated carbocycles. The summed E-state index contributed by atoms with van der Waals surface area (Å²) in [5.74, 6) is 1.80. The Hall–Kier alpha value is -3.60. The lowest BCUT2D eigenvalue weighted by atomic mass is 9.99.